The molecule has 5 heteroatoms. The molecule has 76 valence electrons. The van der Waals surface area contributed by atoms with E-state index in [1.807, 2.05) is 0 Å². The molecule has 0 aromatic rings. The molecule has 0 bridgehead atoms. The molecule has 0 saturated carbocycles. The molecule has 5 nitrogen and oxygen atoms in total. The second-order valence-electron chi connectivity index (χ2n) is 3.46. The highest BCUT2D eigenvalue weighted by Gasteiger charge is 2.39. The zero-order valence-electron chi connectivity index (χ0n) is 7.65. The molecule has 0 atom stereocenters. The molecule has 0 radical (unpaired) electrons. The van der Waals surface area contributed by atoms with Gasteiger partial charge in [0.15, 0.2) is 0 Å². The first-order valence-electron chi connectivity index (χ1n) is 4.26. The van der Waals surface area contributed by atoms with Gasteiger partial charge in [0.1, 0.15) is 6.79 Å². The number of hydrogen-bond acceptors (Lipinski definition) is 5. The SMILES string of the molecule is COC1OCC2(COCOC2)CO1. The second kappa shape index (κ2) is 3.89. The molecule has 2 aliphatic heterocycles. The highest BCUT2D eigenvalue weighted by atomic mass is 16.8. The smallest absolute Gasteiger partial charge is 0.271 e. The van der Waals surface area contributed by atoms with Gasteiger partial charge in [-0.15, -0.1) is 0 Å². The van der Waals surface area contributed by atoms with Crippen LogP contribution >= 0.6 is 0 Å². The predicted molar refractivity (Wildman–Crippen MR) is 41.9 cm³/mol. The van der Waals surface area contributed by atoms with Gasteiger partial charge in [-0.1, -0.05) is 0 Å². The largest absolute Gasteiger partial charge is 0.355 e. The highest BCUT2D eigenvalue weighted by Crippen LogP contribution is 2.28. The van der Waals surface area contributed by atoms with Gasteiger partial charge in [-0.05, 0) is 0 Å². The van der Waals surface area contributed by atoms with Crippen molar-refractivity contribution in [2.75, 3.05) is 40.3 Å². The molecule has 1 spiro atoms. The second-order valence-corrected chi connectivity index (χ2v) is 3.46. The van der Waals surface area contributed by atoms with Crippen molar-refractivity contribution in [3.63, 3.8) is 0 Å². The molecule has 2 heterocycles. The average molecular weight is 190 g/mol. The summed E-state index contributed by atoms with van der Waals surface area (Å²) < 4.78 is 25.9. The van der Waals surface area contributed by atoms with Gasteiger partial charge in [0.2, 0.25) is 0 Å². The number of hydrogen-bond donors (Lipinski definition) is 0. The van der Waals surface area contributed by atoms with Crippen LogP contribution in [0.3, 0.4) is 0 Å². The Morgan fingerprint density at radius 3 is 2.23 bits per heavy atom. The van der Waals surface area contributed by atoms with Gasteiger partial charge in [0, 0.05) is 7.11 Å². The van der Waals surface area contributed by atoms with Crippen LogP contribution in [-0.2, 0) is 23.7 Å². The van der Waals surface area contributed by atoms with E-state index in [-0.39, 0.29) is 5.41 Å². The number of rotatable bonds is 1. The van der Waals surface area contributed by atoms with E-state index in [0.717, 1.165) is 0 Å². The minimum absolute atomic E-state index is 0.132. The van der Waals surface area contributed by atoms with Gasteiger partial charge in [0.25, 0.3) is 6.48 Å². The Balaban J connectivity index is 1.87. The maximum Gasteiger partial charge on any atom is 0.271 e. The molecule has 0 unspecified atom stereocenters. The first-order chi connectivity index (χ1) is 6.35. The first-order valence-corrected chi connectivity index (χ1v) is 4.26. The fourth-order valence-electron chi connectivity index (χ4n) is 1.50. The number of methoxy groups -OCH3 is 1. The normalized spacial score (nSPS) is 29.3. The molecule has 2 aliphatic rings. The van der Waals surface area contributed by atoms with Crippen molar-refractivity contribution in [3.05, 3.63) is 0 Å². The molecule has 0 amide bonds. The third-order valence-corrected chi connectivity index (χ3v) is 2.23. The summed E-state index contributed by atoms with van der Waals surface area (Å²) in [7, 11) is 1.55. The number of ether oxygens (including phenoxy) is 5. The van der Waals surface area contributed by atoms with E-state index in [4.69, 9.17) is 23.7 Å². The summed E-state index contributed by atoms with van der Waals surface area (Å²) in [5.41, 5.74) is -0.132. The van der Waals surface area contributed by atoms with E-state index in [0.29, 0.717) is 33.2 Å². The zero-order valence-corrected chi connectivity index (χ0v) is 7.65. The molecule has 2 rings (SSSR count). The van der Waals surface area contributed by atoms with Gasteiger partial charge in [-0.25, -0.2) is 0 Å². The quantitative estimate of drug-likeness (QED) is 0.580. The van der Waals surface area contributed by atoms with Gasteiger partial charge < -0.3 is 23.7 Å². The van der Waals surface area contributed by atoms with E-state index >= 15 is 0 Å². The van der Waals surface area contributed by atoms with E-state index in [1.54, 1.807) is 7.11 Å². The van der Waals surface area contributed by atoms with Crippen LogP contribution in [0.2, 0.25) is 0 Å². The van der Waals surface area contributed by atoms with Crippen molar-refractivity contribution in [1.82, 2.24) is 0 Å². The van der Waals surface area contributed by atoms with E-state index in [9.17, 15) is 0 Å². The van der Waals surface area contributed by atoms with Crippen molar-refractivity contribution in [2.24, 2.45) is 5.41 Å². The summed E-state index contributed by atoms with van der Waals surface area (Å²) in [6, 6.07) is 0. The third kappa shape index (κ3) is 2.00. The third-order valence-electron chi connectivity index (χ3n) is 2.23. The summed E-state index contributed by atoms with van der Waals surface area (Å²) in [4.78, 5) is 0. The van der Waals surface area contributed by atoms with Crippen LogP contribution in [0.25, 0.3) is 0 Å². The molecule has 13 heavy (non-hydrogen) atoms. The summed E-state index contributed by atoms with van der Waals surface area (Å²) >= 11 is 0. The monoisotopic (exact) mass is 190 g/mol. The Bertz CT molecular complexity index is 156. The van der Waals surface area contributed by atoms with Crippen LogP contribution in [-0.4, -0.2) is 46.8 Å². The summed E-state index contributed by atoms with van der Waals surface area (Å²) in [5, 5.41) is 0. The summed E-state index contributed by atoms with van der Waals surface area (Å²) in [6.45, 7) is 2.21. The Labute approximate surface area is 76.8 Å². The maximum absolute atomic E-state index is 5.32. The van der Waals surface area contributed by atoms with Crippen LogP contribution in [0.1, 0.15) is 0 Å². The molecular weight excluding hydrogens is 176 g/mol. The zero-order chi connectivity index (χ0) is 9.15. The van der Waals surface area contributed by atoms with Crippen LogP contribution in [0, 0.1) is 5.41 Å². The summed E-state index contributed by atoms with van der Waals surface area (Å²) in [5.74, 6) is 0. The summed E-state index contributed by atoms with van der Waals surface area (Å²) in [6.07, 6.45) is 0. The van der Waals surface area contributed by atoms with Gasteiger partial charge in [0.05, 0.1) is 31.8 Å². The van der Waals surface area contributed by atoms with E-state index in [1.165, 1.54) is 0 Å². The molecule has 0 aliphatic carbocycles. The van der Waals surface area contributed by atoms with Crippen molar-refractivity contribution in [2.45, 2.75) is 6.48 Å². The lowest BCUT2D eigenvalue weighted by Crippen LogP contribution is -2.50. The molecule has 0 aromatic heterocycles. The Morgan fingerprint density at radius 1 is 1.08 bits per heavy atom. The van der Waals surface area contributed by atoms with Crippen molar-refractivity contribution >= 4 is 0 Å². The van der Waals surface area contributed by atoms with Crippen molar-refractivity contribution in [3.8, 4) is 0 Å². The van der Waals surface area contributed by atoms with Crippen LogP contribution in [0.4, 0.5) is 0 Å². The van der Waals surface area contributed by atoms with Gasteiger partial charge in [-0.3, -0.25) is 0 Å². The van der Waals surface area contributed by atoms with Crippen LogP contribution in [0.5, 0.6) is 0 Å². The Morgan fingerprint density at radius 2 is 1.69 bits per heavy atom. The molecule has 2 fully saturated rings. The predicted octanol–water partition coefficient (Wildman–Crippen LogP) is -0.0461. The highest BCUT2D eigenvalue weighted by molar-refractivity contribution is 4.82. The molecule has 2 saturated heterocycles. The minimum atomic E-state index is -0.535. The topological polar surface area (TPSA) is 46.2 Å². The lowest BCUT2D eigenvalue weighted by Gasteiger charge is -2.40. The van der Waals surface area contributed by atoms with Crippen LogP contribution in [0.15, 0.2) is 0 Å². The van der Waals surface area contributed by atoms with Crippen LogP contribution < -0.4 is 0 Å². The lowest BCUT2D eigenvalue weighted by atomic mass is 9.91. The fourth-order valence-corrected chi connectivity index (χ4v) is 1.50. The first kappa shape index (κ1) is 9.36. The molecule has 0 N–H and O–H groups in total. The Hall–Kier alpha value is -0.200. The standard InChI is InChI=1S/C8H14O5/c1-9-7-12-4-8(5-13-7)2-10-6-11-3-8/h7H,2-6H2,1H3. The average Bonchev–Trinajstić information content (AvgIpc) is 2.20. The minimum Gasteiger partial charge on any atom is -0.355 e. The maximum atomic E-state index is 5.32. The van der Waals surface area contributed by atoms with E-state index in [2.05, 4.69) is 0 Å². The van der Waals surface area contributed by atoms with Crippen molar-refractivity contribution < 1.29 is 23.7 Å². The van der Waals surface area contributed by atoms with Crippen molar-refractivity contribution in [1.29, 1.82) is 0 Å². The Kier molecular flexibility index (Phi) is 2.80. The molecule has 0 aromatic carbocycles. The molecular formula is C8H14O5. The van der Waals surface area contributed by atoms with E-state index < -0.39 is 6.48 Å². The van der Waals surface area contributed by atoms with Gasteiger partial charge >= 0.3 is 0 Å². The fraction of sp³-hybridized carbons (Fsp3) is 1.00. The van der Waals surface area contributed by atoms with Gasteiger partial charge in [-0.2, -0.15) is 0 Å². The lowest BCUT2D eigenvalue weighted by molar-refractivity contribution is -0.349.